The number of amides is 1. The molecule has 126 valence electrons. The van der Waals surface area contributed by atoms with Gasteiger partial charge < -0.3 is 10.6 Å². The van der Waals surface area contributed by atoms with Gasteiger partial charge in [0.2, 0.25) is 0 Å². The minimum absolute atomic E-state index is 0.166. The number of carbonyl (C=O) groups is 1. The first-order valence-corrected chi connectivity index (χ1v) is 8.04. The van der Waals surface area contributed by atoms with Crippen LogP contribution in [0.15, 0.2) is 49.3 Å². The molecule has 25 heavy (non-hydrogen) atoms. The van der Waals surface area contributed by atoms with Crippen molar-refractivity contribution in [3.05, 3.63) is 60.6 Å². The van der Waals surface area contributed by atoms with Gasteiger partial charge in [-0.1, -0.05) is 12.1 Å². The van der Waals surface area contributed by atoms with Crippen LogP contribution >= 0.6 is 0 Å². The van der Waals surface area contributed by atoms with Crippen LogP contribution in [0, 0.1) is 0 Å². The van der Waals surface area contributed by atoms with E-state index in [9.17, 15) is 4.79 Å². The molecule has 1 fully saturated rings. The topological polar surface area (TPSA) is 103 Å². The van der Waals surface area contributed by atoms with Crippen molar-refractivity contribution in [2.75, 3.05) is 5.73 Å². The summed E-state index contributed by atoms with van der Waals surface area (Å²) >= 11 is 0. The third-order valence-corrected chi connectivity index (χ3v) is 4.15. The average molecular weight is 335 g/mol. The maximum absolute atomic E-state index is 12.8. The normalized spacial score (nSPS) is 13.6. The second kappa shape index (κ2) is 6.31. The summed E-state index contributed by atoms with van der Waals surface area (Å²) in [7, 11) is 0. The van der Waals surface area contributed by atoms with E-state index in [0.29, 0.717) is 6.54 Å². The summed E-state index contributed by atoms with van der Waals surface area (Å²) < 4.78 is 1.69. The van der Waals surface area contributed by atoms with E-state index in [1.807, 2.05) is 29.2 Å². The molecule has 1 aliphatic carbocycles. The van der Waals surface area contributed by atoms with Crippen molar-refractivity contribution in [2.24, 2.45) is 0 Å². The highest BCUT2D eigenvalue weighted by molar-refractivity contribution is 5.96. The maximum atomic E-state index is 12.8. The predicted octanol–water partition coefficient (Wildman–Crippen LogP) is 1.44. The van der Waals surface area contributed by atoms with Crippen molar-refractivity contribution in [3.63, 3.8) is 0 Å². The van der Waals surface area contributed by atoms with E-state index in [1.165, 1.54) is 18.7 Å². The zero-order chi connectivity index (χ0) is 17.2. The number of benzene rings is 1. The molecule has 1 aliphatic rings. The summed E-state index contributed by atoms with van der Waals surface area (Å²) in [6, 6.07) is 8.12. The van der Waals surface area contributed by atoms with Crippen LogP contribution in [0.3, 0.4) is 0 Å². The fourth-order valence-electron chi connectivity index (χ4n) is 2.69. The van der Waals surface area contributed by atoms with Gasteiger partial charge in [0.15, 0.2) is 11.5 Å². The second-order valence-electron chi connectivity index (χ2n) is 5.96. The number of hydrogen-bond donors (Lipinski definition) is 1. The van der Waals surface area contributed by atoms with Crippen molar-refractivity contribution < 1.29 is 4.79 Å². The molecule has 8 nitrogen and oxygen atoms in total. The molecule has 0 spiro atoms. The molecule has 1 aromatic carbocycles. The number of nitrogens with zero attached hydrogens (tertiary/aromatic N) is 6. The van der Waals surface area contributed by atoms with Crippen LogP contribution in [0.2, 0.25) is 0 Å². The van der Waals surface area contributed by atoms with E-state index in [1.54, 1.807) is 11.0 Å². The molecule has 3 aromatic rings. The lowest BCUT2D eigenvalue weighted by Crippen LogP contribution is -2.33. The number of carbonyl (C=O) groups excluding carboxylic acids is 1. The summed E-state index contributed by atoms with van der Waals surface area (Å²) in [6.07, 6.45) is 8.11. The highest BCUT2D eigenvalue weighted by Gasteiger charge is 2.34. The van der Waals surface area contributed by atoms with Gasteiger partial charge in [-0.25, -0.2) is 19.6 Å². The van der Waals surface area contributed by atoms with Crippen LogP contribution in [-0.4, -0.2) is 41.6 Å². The summed E-state index contributed by atoms with van der Waals surface area (Å²) in [5, 5.41) is 4.10. The molecule has 2 aromatic heterocycles. The first-order chi connectivity index (χ1) is 12.2. The zero-order valence-corrected chi connectivity index (χ0v) is 13.5. The molecular formula is C17H17N7O. The largest absolute Gasteiger partial charge is 0.382 e. The van der Waals surface area contributed by atoms with Crippen LogP contribution < -0.4 is 5.73 Å². The lowest BCUT2D eigenvalue weighted by Gasteiger charge is -2.22. The summed E-state index contributed by atoms with van der Waals surface area (Å²) in [5.41, 5.74) is 7.98. The molecule has 0 bridgehead atoms. The molecule has 4 rings (SSSR count). The number of anilines is 1. The van der Waals surface area contributed by atoms with Gasteiger partial charge in [-0.3, -0.25) is 4.79 Å². The fourth-order valence-corrected chi connectivity index (χ4v) is 2.69. The highest BCUT2D eigenvalue weighted by Crippen LogP contribution is 2.30. The molecule has 0 atom stereocenters. The Labute approximate surface area is 144 Å². The van der Waals surface area contributed by atoms with E-state index in [4.69, 9.17) is 5.73 Å². The van der Waals surface area contributed by atoms with Crippen molar-refractivity contribution >= 4 is 11.7 Å². The lowest BCUT2D eigenvalue weighted by atomic mass is 10.2. The molecule has 2 N–H and O–H groups in total. The molecule has 8 heteroatoms. The fraction of sp³-hybridized carbons (Fsp3) is 0.235. The molecule has 0 saturated heterocycles. The van der Waals surface area contributed by atoms with E-state index < -0.39 is 0 Å². The Morgan fingerprint density at radius 2 is 1.96 bits per heavy atom. The number of aromatic nitrogens is 5. The van der Waals surface area contributed by atoms with Crippen LogP contribution in [-0.2, 0) is 6.54 Å². The molecule has 1 amide bonds. The van der Waals surface area contributed by atoms with Crippen molar-refractivity contribution in [3.8, 4) is 5.69 Å². The van der Waals surface area contributed by atoms with Crippen LogP contribution in [0.5, 0.6) is 0 Å². The first-order valence-electron chi connectivity index (χ1n) is 8.04. The van der Waals surface area contributed by atoms with Gasteiger partial charge in [0, 0.05) is 25.0 Å². The monoisotopic (exact) mass is 335 g/mol. The summed E-state index contributed by atoms with van der Waals surface area (Å²) in [6.45, 7) is 0.511. The maximum Gasteiger partial charge on any atom is 0.276 e. The highest BCUT2D eigenvalue weighted by atomic mass is 16.2. The standard InChI is InChI=1S/C17H17N7O/c18-16-15(20-7-8-21-16)17(25)23(13-5-6-13)9-12-1-3-14(4-2-12)24-11-19-10-22-24/h1-4,7-8,10-11,13H,5-6,9H2,(H2,18,21). The quantitative estimate of drug-likeness (QED) is 0.757. The van der Waals surface area contributed by atoms with E-state index in [-0.39, 0.29) is 23.5 Å². The van der Waals surface area contributed by atoms with Gasteiger partial charge in [-0.05, 0) is 30.5 Å². The molecule has 0 unspecified atom stereocenters. The molecule has 0 aliphatic heterocycles. The van der Waals surface area contributed by atoms with Gasteiger partial charge >= 0.3 is 0 Å². The predicted molar refractivity (Wildman–Crippen MR) is 90.7 cm³/mol. The average Bonchev–Trinajstić information content (AvgIpc) is 3.33. The Morgan fingerprint density at radius 3 is 2.60 bits per heavy atom. The van der Waals surface area contributed by atoms with Crippen molar-refractivity contribution in [2.45, 2.75) is 25.4 Å². The Hall–Kier alpha value is -3.29. The molecule has 1 saturated carbocycles. The van der Waals surface area contributed by atoms with Gasteiger partial charge in [-0.15, -0.1) is 0 Å². The lowest BCUT2D eigenvalue weighted by molar-refractivity contribution is 0.0724. The van der Waals surface area contributed by atoms with Gasteiger partial charge in [0.05, 0.1) is 5.69 Å². The smallest absolute Gasteiger partial charge is 0.276 e. The third-order valence-electron chi connectivity index (χ3n) is 4.15. The Bertz CT molecular complexity index is 872. The SMILES string of the molecule is Nc1nccnc1C(=O)N(Cc1ccc(-n2cncn2)cc1)C1CC1. The molecule has 2 heterocycles. The van der Waals surface area contributed by atoms with Gasteiger partial charge in [0.1, 0.15) is 12.7 Å². The molecular weight excluding hydrogens is 318 g/mol. The van der Waals surface area contributed by atoms with E-state index in [0.717, 1.165) is 24.1 Å². The zero-order valence-electron chi connectivity index (χ0n) is 13.5. The summed E-state index contributed by atoms with van der Waals surface area (Å²) in [4.78, 5) is 26.7. The van der Waals surface area contributed by atoms with Crippen LogP contribution in [0.25, 0.3) is 5.69 Å². The number of hydrogen-bond acceptors (Lipinski definition) is 6. The van der Waals surface area contributed by atoms with Crippen molar-refractivity contribution in [1.82, 2.24) is 29.6 Å². The van der Waals surface area contributed by atoms with Crippen LogP contribution in [0.4, 0.5) is 5.82 Å². The second-order valence-corrected chi connectivity index (χ2v) is 5.96. The third kappa shape index (κ3) is 3.18. The van der Waals surface area contributed by atoms with Crippen molar-refractivity contribution in [1.29, 1.82) is 0 Å². The Balaban J connectivity index is 1.54. The molecule has 0 radical (unpaired) electrons. The number of nitrogens with two attached hydrogens (primary N) is 1. The number of nitrogen functional groups attached to an aromatic ring is 1. The minimum Gasteiger partial charge on any atom is -0.382 e. The Morgan fingerprint density at radius 1 is 1.20 bits per heavy atom. The Kier molecular flexibility index (Phi) is 3.85. The first kappa shape index (κ1) is 15.3. The summed E-state index contributed by atoms with van der Waals surface area (Å²) in [5.74, 6) is -0.00636. The van der Waals surface area contributed by atoms with Crippen LogP contribution in [0.1, 0.15) is 28.9 Å². The minimum atomic E-state index is -0.173. The van der Waals surface area contributed by atoms with Gasteiger partial charge in [0.25, 0.3) is 5.91 Å². The van der Waals surface area contributed by atoms with E-state index in [2.05, 4.69) is 20.1 Å². The number of rotatable bonds is 5. The van der Waals surface area contributed by atoms with E-state index >= 15 is 0 Å². The van der Waals surface area contributed by atoms with Gasteiger partial charge in [-0.2, -0.15) is 5.10 Å².